The lowest BCUT2D eigenvalue weighted by atomic mass is 9.95. The maximum Gasteiger partial charge on any atom is 0.0599 e. The molecule has 0 aromatic carbocycles. The van der Waals surface area contributed by atoms with Crippen LogP contribution in [0.3, 0.4) is 0 Å². The summed E-state index contributed by atoms with van der Waals surface area (Å²) in [5.41, 5.74) is 0. The first-order valence-corrected chi connectivity index (χ1v) is 13.1. The van der Waals surface area contributed by atoms with E-state index in [1.807, 2.05) is 0 Å². The molecule has 2 nitrogen and oxygen atoms in total. The summed E-state index contributed by atoms with van der Waals surface area (Å²) in [6.45, 7) is 3.19. The van der Waals surface area contributed by atoms with Gasteiger partial charge in [-0.2, -0.15) is 0 Å². The number of aliphatic hydroxyl groups excluding tert-OH is 1. The van der Waals surface area contributed by atoms with Gasteiger partial charge in [-0.25, -0.2) is 0 Å². The molecule has 2 heteroatoms. The van der Waals surface area contributed by atoms with E-state index in [-0.39, 0.29) is 6.10 Å². The first-order valence-electron chi connectivity index (χ1n) is 13.1. The first-order chi connectivity index (χ1) is 13.8. The molecule has 0 spiro atoms. The van der Waals surface area contributed by atoms with E-state index in [0.29, 0.717) is 6.10 Å². The predicted octanol–water partition coefficient (Wildman–Crippen LogP) is 8.35. The van der Waals surface area contributed by atoms with Crippen molar-refractivity contribution in [1.29, 1.82) is 0 Å². The average Bonchev–Trinajstić information content (AvgIpc) is 2.70. The van der Waals surface area contributed by atoms with Gasteiger partial charge in [0.05, 0.1) is 12.2 Å². The molecule has 0 aromatic rings. The molecular formula is C26H52O2. The van der Waals surface area contributed by atoms with Crippen molar-refractivity contribution in [2.75, 3.05) is 6.61 Å². The molecule has 1 saturated carbocycles. The number of aliphatic hydroxyl groups is 1. The molecule has 0 bridgehead atoms. The zero-order valence-electron chi connectivity index (χ0n) is 19.3. The summed E-state index contributed by atoms with van der Waals surface area (Å²) in [6, 6.07) is 0. The second-order valence-electron chi connectivity index (χ2n) is 9.32. The van der Waals surface area contributed by atoms with Gasteiger partial charge in [-0.15, -0.1) is 0 Å². The molecule has 0 aromatic heterocycles. The summed E-state index contributed by atoms with van der Waals surface area (Å²) in [7, 11) is 0. The minimum Gasteiger partial charge on any atom is -0.393 e. The van der Waals surface area contributed by atoms with Crippen LogP contribution in [0.5, 0.6) is 0 Å². The minimum absolute atomic E-state index is 0.112. The highest BCUT2D eigenvalue weighted by molar-refractivity contribution is 4.72. The van der Waals surface area contributed by atoms with Gasteiger partial charge in [-0.3, -0.25) is 0 Å². The molecule has 168 valence electrons. The molecule has 1 aliphatic carbocycles. The maximum absolute atomic E-state index is 9.66. The molecule has 1 rings (SSSR count). The lowest BCUT2D eigenvalue weighted by Crippen LogP contribution is -2.26. The molecule has 0 aliphatic heterocycles. The lowest BCUT2D eigenvalue weighted by Gasteiger charge is -2.25. The molecule has 0 saturated heterocycles. The van der Waals surface area contributed by atoms with E-state index >= 15 is 0 Å². The van der Waals surface area contributed by atoms with Crippen LogP contribution in [0.15, 0.2) is 0 Å². The molecule has 28 heavy (non-hydrogen) atoms. The van der Waals surface area contributed by atoms with E-state index < -0.39 is 0 Å². The summed E-state index contributed by atoms with van der Waals surface area (Å²) in [6.07, 6.45) is 29.9. The van der Waals surface area contributed by atoms with Gasteiger partial charge in [0.2, 0.25) is 0 Å². The number of unbranched alkanes of at least 4 members (excludes halogenated alkanes) is 17. The zero-order chi connectivity index (χ0) is 20.1. The molecule has 2 unspecified atom stereocenters. The van der Waals surface area contributed by atoms with Gasteiger partial charge in [-0.1, -0.05) is 116 Å². The van der Waals surface area contributed by atoms with Crippen LogP contribution in [-0.4, -0.2) is 23.9 Å². The lowest BCUT2D eigenvalue weighted by molar-refractivity contribution is -0.0157. The van der Waals surface area contributed by atoms with Crippen LogP contribution in [0.1, 0.15) is 148 Å². The van der Waals surface area contributed by atoms with E-state index in [9.17, 15) is 5.11 Å². The number of ether oxygens (including phenoxy) is 1. The summed E-state index contributed by atoms with van der Waals surface area (Å²) >= 11 is 0. The van der Waals surface area contributed by atoms with E-state index in [1.54, 1.807) is 0 Å². The van der Waals surface area contributed by atoms with E-state index in [1.165, 1.54) is 116 Å². The fourth-order valence-corrected chi connectivity index (χ4v) is 4.53. The Morgan fingerprint density at radius 1 is 0.607 bits per heavy atom. The van der Waals surface area contributed by atoms with Crippen LogP contribution >= 0.6 is 0 Å². The van der Waals surface area contributed by atoms with Crippen molar-refractivity contribution in [1.82, 2.24) is 0 Å². The Balaban J connectivity index is 1.67. The Labute approximate surface area is 177 Å². The van der Waals surface area contributed by atoms with Crippen molar-refractivity contribution in [3.63, 3.8) is 0 Å². The Morgan fingerprint density at radius 3 is 1.46 bits per heavy atom. The largest absolute Gasteiger partial charge is 0.393 e. The molecule has 1 N–H and O–H groups in total. The Bertz CT molecular complexity index is 305. The van der Waals surface area contributed by atoms with Crippen LogP contribution in [0.2, 0.25) is 0 Å². The van der Waals surface area contributed by atoms with Gasteiger partial charge >= 0.3 is 0 Å². The van der Waals surface area contributed by atoms with Crippen LogP contribution in [0.4, 0.5) is 0 Å². The van der Waals surface area contributed by atoms with E-state index in [0.717, 1.165) is 32.3 Å². The molecule has 1 aliphatic rings. The maximum atomic E-state index is 9.66. The fourth-order valence-electron chi connectivity index (χ4n) is 4.53. The molecule has 0 heterocycles. The van der Waals surface area contributed by atoms with E-state index in [2.05, 4.69) is 6.92 Å². The van der Waals surface area contributed by atoms with Gasteiger partial charge < -0.3 is 9.84 Å². The van der Waals surface area contributed by atoms with Crippen molar-refractivity contribution in [2.45, 2.75) is 160 Å². The van der Waals surface area contributed by atoms with Crippen molar-refractivity contribution >= 4 is 0 Å². The smallest absolute Gasteiger partial charge is 0.0599 e. The van der Waals surface area contributed by atoms with Crippen molar-refractivity contribution in [3.05, 3.63) is 0 Å². The van der Waals surface area contributed by atoms with Gasteiger partial charge in [0.1, 0.15) is 0 Å². The second kappa shape index (κ2) is 20.2. The van der Waals surface area contributed by atoms with Crippen molar-refractivity contribution in [3.8, 4) is 0 Å². The third-order valence-corrected chi connectivity index (χ3v) is 6.45. The fraction of sp³-hybridized carbons (Fsp3) is 1.00. The predicted molar refractivity (Wildman–Crippen MR) is 123 cm³/mol. The van der Waals surface area contributed by atoms with Crippen LogP contribution in [0.25, 0.3) is 0 Å². The van der Waals surface area contributed by atoms with Crippen LogP contribution in [0, 0.1) is 0 Å². The zero-order valence-corrected chi connectivity index (χ0v) is 19.3. The standard InChI is InChI=1S/C26H52O2/c1-2-3-4-5-6-7-8-9-10-11-12-13-14-15-16-17-18-19-23-28-26-22-20-21-25(27)24-26/h25-27H,2-24H2,1H3. The van der Waals surface area contributed by atoms with Crippen LogP contribution < -0.4 is 0 Å². The molecule has 2 atom stereocenters. The minimum atomic E-state index is -0.112. The van der Waals surface area contributed by atoms with Gasteiger partial charge in [0.25, 0.3) is 0 Å². The van der Waals surface area contributed by atoms with E-state index in [4.69, 9.17) is 4.74 Å². The Morgan fingerprint density at radius 2 is 1.04 bits per heavy atom. The number of rotatable bonds is 20. The third-order valence-electron chi connectivity index (χ3n) is 6.45. The topological polar surface area (TPSA) is 29.5 Å². The summed E-state index contributed by atoms with van der Waals surface area (Å²) in [5.74, 6) is 0. The first kappa shape index (κ1) is 26.0. The van der Waals surface area contributed by atoms with Crippen molar-refractivity contribution < 1.29 is 9.84 Å². The molecule has 1 fully saturated rings. The second-order valence-corrected chi connectivity index (χ2v) is 9.32. The van der Waals surface area contributed by atoms with Crippen LogP contribution in [-0.2, 0) is 4.74 Å². The number of hydrogen-bond acceptors (Lipinski definition) is 2. The van der Waals surface area contributed by atoms with Gasteiger partial charge in [-0.05, 0) is 32.1 Å². The summed E-state index contributed by atoms with van der Waals surface area (Å²) in [5, 5.41) is 9.66. The normalized spacial score (nSPS) is 19.9. The highest BCUT2D eigenvalue weighted by atomic mass is 16.5. The van der Waals surface area contributed by atoms with Gasteiger partial charge in [0, 0.05) is 6.61 Å². The highest BCUT2D eigenvalue weighted by Crippen LogP contribution is 2.21. The Hall–Kier alpha value is -0.0800. The highest BCUT2D eigenvalue weighted by Gasteiger charge is 2.20. The monoisotopic (exact) mass is 396 g/mol. The summed E-state index contributed by atoms with van der Waals surface area (Å²) in [4.78, 5) is 0. The quantitative estimate of drug-likeness (QED) is 0.209. The van der Waals surface area contributed by atoms with Crippen molar-refractivity contribution in [2.24, 2.45) is 0 Å². The SMILES string of the molecule is CCCCCCCCCCCCCCCCCCCCOC1CCCC(O)C1. The molecule has 0 radical (unpaired) electrons. The van der Waals surface area contributed by atoms with Gasteiger partial charge in [0.15, 0.2) is 0 Å². The summed E-state index contributed by atoms with van der Waals surface area (Å²) < 4.78 is 5.92. The average molecular weight is 397 g/mol. The number of hydrogen-bond donors (Lipinski definition) is 1. The molecule has 0 amide bonds. The Kier molecular flexibility index (Phi) is 18.7. The third kappa shape index (κ3) is 16.8. The molecular weight excluding hydrogens is 344 g/mol.